The zero-order chi connectivity index (χ0) is 14.5. The van der Waals surface area contributed by atoms with Crippen LogP contribution in [0, 0.1) is 0 Å². The van der Waals surface area contributed by atoms with Gasteiger partial charge in [-0.25, -0.2) is 4.79 Å². The number of nitrogens with one attached hydrogen (secondary N) is 3. The standard InChI is InChI=1S/C17H17N3O/c21-17(19-10-8-13-4-2-1-3-5-13)20-15-7-6-14-9-11-18-16(14)12-15/h1-7,9,11-12,18H,8,10H2,(H2,19,20,21). The molecular formula is C17H17N3O. The summed E-state index contributed by atoms with van der Waals surface area (Å²) < 4.78 is 0. The Morgan fingerprint density at radius 3 is 2.76 bits per heavy atom. The monoisotopic (exact) mass is 279 g/mol. The smallest absolute Gasteiger partial charge is 0.319 e. The summed E-state index contributed by atoms with van der Waals surface area (Å²) in [6, 6.07) is 17.7. The SMILES string of the molecule is O=C(NCCc1ccccc1)Nc1ccc2cc[nH]c2c1. The van der Waals surface area contributed by atoms with Gasteiger partial charge in [-0.2, -0.15) is 0 Å². The molecule has 2 aromatic carbocycles. The van der Waals surface area contributed by atoms with Crippen LogP contribution in [0.5, 0.6) is 0 Å². The van der Waals surface area contributed by atoms with Crippen molar-refractivity contribution in [2.45, 2.75) is 6.42 Å². The third-order valence-electron chi connectivity index (χ3n) is 3.35. The highest BCUT2D eigenvalue weighted by Crippen LogP contribution is 2.17. The molecule has 0 radical (unpaired) electrons. The van der Waals surface area contributed by atoms with Crippen molar-refractivity contribution in [3.8, 4) is 0 Å². The van der Waals surface area contributed by atoms with Crippen molar-refractivity contribution in [3.63, 3.8) is 0 Å². The number of amides is 2. The third kappa shape index (κ3) is 3.42. The van der Waals surface area contributed by atoms with Crippen molar-refractivity contribution >= 4 is 22.6 Å². The fourth-order valence-corrected chi connectivity index (χ4v) is 2.27. The number of aromatic nitrogens is 1. The summed E-state index contributed by atoms with van der Waals surface area (Å²) in [5.41, 5.74) is 3.00. The van der Waals surface area contributed by atoms with Gasteiger partial charge >= 0.3 is 6.03 Å². The molecule has 0 aliphatic carbocycles. The van der Waals surface area contributed by atoms with E-state index in [0.717, 1.165) is 23.0 Å². The third-order valence-corrected chi connectivity index (χ3v) is 3.35. The number of urea groups is 1. The molecule has 0 spiro atoms. The molecule has 0 unspecified atom stereocenters. The van der Waals surface area contributed by atoms with E-state index in [-0.39, 0.29) is 6.03 Å². The molecule has 0 atom stereocenters. The van der Waals surface area contributed by atoms with Gasteiger partial charge < -0.3 is 15.6 Å². The van der Waals surface area contributed by atoms with E-state index in [1.165, 1.54) is 5.56 Å². The number of aromatic amines is 1. The molecule has 2 amide bonds. The molecule has 0 saturated heterocycles. The summed E-state index contributed by atoms with van der Waals surface area (Å²) in [5, 5.41) is 6.83. The highest BCUT2D eigenvalue weighted by atomic mass is 16.2. The second-order valence-corrected chi connectivity index (χ2v) is 4.90. The number of anilines is 1. The van der Waals surface area contributed by atoms with E-state index >= 15 is 0 Å². The van der Waals surface area contributed by atoms with Gasteiger partial charge in [-0.1, -0.05) is 36.4 Å². The van der Waals surface area contributed by atoms with E-state index in [1.807, 2.05) is 48.7 Å². The fraction of sp³-hybridized carbons (Fsp3) is 0.118. The Morgan fingerprint density at radius 1 is 1.05 bits per heavy atom. The molecule has 4 nitrogen and oxygen atoms in total. The highest BCUT2D eigenvalue weighted by molar-refractivity contribution is 5.92. The molecule has 3 rings (SSSR count). The number of carbonyl (C=O) groups is 1. The summed E-state index contributed by atoms with van der Waals surface area (Å²) in [6.07, 6.45) is 2.71. The van der Waals surface area contributed by atoms with Gasteiger partial charge in [0.1, 0.15) is 0 Å². The van der Waals surface area contributed by atoms with Gasteiger partial charge in [-0.05, 0) is 35.6 Å². The Labute approximate surface area is 123 Å². The molecule has 21 heavy (non-hydrogen) atoms. The molecule has 0 fully saturated rings. The van der Waals surface area contributed by atoms with Crippen molar-refractivity contribution in [3.05, 3.63) is 66.4 Å². The maximum atomic E-state index is 11.8. The lowest BCUT2D eigenvalue weighted by molar-refractivity contribution is 0.252. The Morgan fingerprint density at radius 2 is 1.90 bits per heavy atom. The quantitative estimate of drug-likeness (QED) is 0.672. The number of carbonyl (C=O) groups excluding carboxylic acids is 1. The normalized spacial score (nSPS) is 10.5. The van der Waals surface area contributed by atoms with Gasteiger partial charge in [0.2, 0.25) is 0 Å². The summed E-state index contributed by atoms with van der Waals surface area (Å²) in [4.78, 5) is 15.0. The van der Waals surface area contributed by atoms with Gasteiger partial charge in [0.05, 0.1) is 0 Å². The number of hydrogen-bond acceptors (Lipinski definition) is 1. The first-order chi connectivity index (χ1) is 10.3. The van der Waals surface area contributed by atoms with Gasteiger partial charge in [-0.3, -0.25) is 0 Å². The van der Waals surface area contributed by atoms with E-state index < -0.39 is 0 Å². The Kier molecular flexibility index (Phi) is 3.87. The fourth-order valence-electron chi connectivity index (χ4n) is 2.27. The van der Waals surface area contributed by atoms with Crippen molar-refractivity contribution < 1.29 is 4.79 Å². The van der Waals surface area contributed by atoms with Crippen LogP contribution in [-0.4, -0.2) is 17.6 Å². The number of fused-ring (bicyclic) bond motifs is 1. The van der Waals surface area contributed by atoms with Gasteiger partial charge in [-0.15, -0.1) is 0 Å². The van der Waals surface area contributed by atoms with Gasteiger partial charge in [0.25, 0.3) is 0 Å². The minimum Gasteiger partial charge on any atom is -0.361 e. The number of benzene rings is 2. The molecule has 0 saturated carbocycles. The molecule has 4 heteroatoms. The first-order valence-corrected chi connectivity index (χ1v) is 6.97. The zero-order valence-electron chi connectivity index (χ0n) is 11.6. The zero-order valence-corrected chi connectivity index (χ0v) is 11.6. The van der Waals surface area contributed by atoms with Crippen LogP contribution >= 0.6 is 0 Å². The molecule has 1 heterocycles. The summed E-state index contributed by atoms with van der Waals surface area (Å²) in [6.45, 7) is 0.612. The van der Waals surface area contributed by atoms with Crippen LogP contribution < -0.4 is 10.6 Å². The minimum absolute atomic E-state index is 0.183. The van der Waals surface area contributed by atoms with Crippen LogP contribution in [0.3, 0.4) is 0 Å². The molecule has 0 aliphatic heterocycles. The number of H-pyrrole nitrogens is 1. The molecule has 0 aliphatic rings. The second kappa shape index (κ2) is 6.13. The first kappa shape index (κ1) is 13.2. The van der Waals surface area contributed by atoms with Crippen molar-refractivity contribution in [2.75, 3.05) is 11.9 Å². The first-order valence-electron chi connectivity index (χ1n) is 6.97. The van der Waals surface area contributed by atoms with Crippen LogP contribution in [0.2, 0.25) is 0 Å². The van der Waals surface area contributed by atoms with Crippen LogP contribution in [0.25, 0.3) is 10.9 Å². The predicted octanol–water partition coefficient (Wildman–Crippen LogP) is 3.53. The predicted molar refractivity (Wildman–Crippen MR) is 85.5 cm³/mol. The Bertz CT molecular complexity index is 734. The molecular weight excluding hydrogens is 262 g/mol. The van der Waals surface area contributed by atoms with E-state index in [4.69, 9.17) is 0 Å². The lowest BCUT2D eigenvalue weighted by atomic mass is 10.1. The average Bonchev–Trinajstić information content (AvgIpc) is 2.96. The van der Waals surface area contributed by atoms with Crippen LogP contribution in [0.1, 0.15) is 5.56 Å². The Balaban J connectivity index is 1.51. The second-order valence-electron chi connectivity index (χ2n) is 4.90. The topological polar surface area (TPSA) is 56.9 Å². The van der Waals surface area contributed by atoms with Crippen LogP contribution in [0.4, 0.5) is 10.5 Å². The van der Waals surface area contributed by atoms with E-state index in [2.05, 4.69) is 27.8 Å². The van der Waals surface area contributed by atoms with E-state index in [1.54, 1.807) is 0 Å². The van der Waals surface area contributed by atoms with Crippen LogP contribution in [-0.2, 0) is 6.42 Å². The van der Waals surface area contributed by atoms with E-state index in [0.29, 0.717) is 6.54 Å². The maximum absolute atomic E-state index is 11.8. The molecule has 1 aromatic heterocycles. The summed E-state index contributed by atoms with van der Waals surface area (Å²) in [5.74, 6) is 0. The van der Waals surface area contributed by atoms with Crippen molar-refractivity contribution in [2.24, 2.45) is 0 Å². The van der Waals surface area contributed by atoms with Crippen molar-refractivity contribution in [1.29, 1.82) is 0 Å². The Hall–Kier alpha value is -2.75. The molecule has 0 bridgehead atoms. The molecule has 106 valence electrons. The minimum atomic E-state index is -0.183. The number of hydrogen-bond donors (Lipinski definition) is 3. The van der Waals surface area contributed by atoms with E-state index in [9.17, 15) is 4.79 Å². The van der Waals surface area contributed by atoms with Gasteiger partial charge in [0, 0.05) is 23.9 Å². The molecule has 3 aromatic rings. The lowest BCUT2D eigenvalue weighted by Crippen LogP contribution is -2.30. The maximum Gasteiger partial charge on any atom is 0.319 e. The van der Waals surface area contributed by atoms with Crippen molar-refractivity contribution in [1.82, 2.24) is 10.3 Å². The largest absolute Gasteiger partial charge is 0.361 e. The molecule has 3 N–H and O–H groups in total. The number of rotatable bonds is 4. The lowest BCUT2D eigenvalue weighted by Gasteiger charge is -2.08. The van der Waals surface area contributed by atoms with Crippen LogP contribution in [0.15, 0.2) is 60.8 Å². The summed E-state index contributed by atoms with van der Waals surface area (Å²) in [7, 11) is 0. The highest BCUT2D eigenvalue weighted by Gasteiger charge is 2.02. The van der Waals surface area contributed by atoms with Gasteiger partial charge in [0.15, 0.2) is 0 Å². The summed E-state index contributed by atoms with van der Waals surface area (Å²) >= 11 is 0. The average molecular weight is 279 g/mol.